The molecule has 3 rings (SSSR count). The highest BCUT2D eigenvalue weighted by atomic mass is 17.2. The zero-order chi connectivity index (χ0) is 15.4. The van der Waals surface area contributed by atoms with Crippen molar-refractivity contribution < 1.29 is 14.6 Å². The van der Waals surface area contributed by atoms with Crippen molar-refractivity contribution in [3.8, 4) is 22.8 Å². The minimum atomic E-state index is -0.532. The van der Waals surface area contributed by atoms with E-state index < -0.39 is 5.97 Å². The van der Waals surface area contributed by atoms with Crippen LogP contribution in [0.15, 0.2) is 66.7 Å². The first-order valence-electron chi connectivity index (χ1n) is 6.80. The molecule has 1 heterocycles. The maximum Gasteiger partial charge on any atom is 0.352 e. The second-order valence-corrected chi connectivity index (χ2v) is 4.64. The van der Waals surface area contributed by atoms with E-state index in [2.05, 4.69) is 9.99 Å². The monoisotopic (exact) mass is 294 g/mol. The van der Waals surface area contributed by atoms with Crippen LogP contribution in [0.2, 0.25) is 0 Å². The highest BCUT2D eigenvalue weighted by Gasteiger charge is 2.13. The van der Waals surface area contributed by atoms with Crippen LogP contribution in [-0.2, 0) is 9.68 Å². The van der Waals surface area contributed by atoms with Crippen LogP contribution in [0.25, 0.3) is 16.9 Å². The van der Waals surface area contributed by atoms with Crippen molar-refractivity contribution >= 4 is 5.97 Å². The topological polar surface area (TPSA) is 53.4 Å². The summed E-state index contributed by atoms with van der Waals surface area (Å²) in [5.41, 5.74) is 2.71. The van der Waals surface area contributed by atoms with Crippen molar-refractivity contribution in [2.24, 2.45) is 0 Å². The van der Waals surface area contributed by atoms with E-state index in [-0.39, 0.29) is 5.88 Å². The highest BCUT2D eigenvalue weighted by Crippen LogP contribution is 2.26. The Kier molecular flexibility index (Phi) is 3.87. The average molecular weight is 294 g/mol. The number of rotatable bonds is 4. The van der Waals surface area contributed by atoms with Gasteiger partial charge in [-0.05, 0) is 12.1 Å². The van der Waals surface area contributed by atoms with Gasteiger partial charge >= 0.3 is 5.97 Å². The molecule has 1 aromatic heterocycles. The number of carbonyl (C=O) groups is 1. The molecule has 0 N–H and O–H groups in total. The first-order chi connectivity index (χ1) is 10.7. The average Bonchev–Trinajstić information content (AvgIpc) is 2.99. The molecule has 0 aliphatic rings. The fraction of sp³-hybridized carbons (Fsp3) is 0.0588. The minimum Gasteiger partial charge on any atom is -0.264 e. The maximum atomic E-state index is 10.9. The molecule has 5 nitrogen and oxygen atoms in total. The zero-order valence-electron chi connectivity index (χ0n) is 12.0. The van der Waals surface area contributed by atoms with Crippen molar-refractivity contribution in [3.63, 3.8) is 0 Å². The first kappa shape index (κ1) is 13.9. The van der Waals surface area contributed by atoms with E-state index in [0.29, 0.717) is 0 Å². The van der Waals surface area contributed by atoms with Crippen molar-refractivity contribution in [1.29, 1.82) is 0 Å². The fourth-order valence-corrected chi connectivity index (χ4v) is 2.08. The van der Waals surface area contributed by atoms with Crippen molar-refractivity contribution in [1.82, 2.24) is 9.78 Å². The van der Waals surface area contributed by atoms with Gasteiger partial charge in [-0.2, -0.15) is 0 Å². The molecular formula is C17H14N2O3. The summed E-state index contributed by atoms with van der Waals surface area (Å²) in [6, 6.07) is 21.2. The molecule has 0 saturated heterocycles. The molecule has 0 unspecified atom stereocenters. The molecule has 3 aromatic rings. The molecule has 0 radical (unpaired) electrons. The number of aromatic nitrogens is 2. The van der Waals surface area contributed by atoms with E-state index in [9.17, 15) is 4.79 Å². The number of benzene rings is 2. The van der Waals surface area contributed by atoms with Gasteiger partial charge in [0.25, 0.3) is 5.88 Å². The van der Waals surface area contributed by atoms with Crippen LogP contribution in [0.4, 0.5) is 0 Å². The zero-order valence-corrected chi connectivity index (χ0v) is 12.0. The summed E-state index contributed by atoms with van der Waals surface area (Å²) >= 11 is 0. The number of nitrogens with zero attached hydrogens (tertiary/aromatic N) is 2. The summed E-state index contributed by atoms with van der Waals surface area (Å²) in [5.74, 6) is -0.312. The van der Waals surface area contributed by atoms with Crippen molar-refractivity contribution in [3.05, 3.63) is 66.7 Å². The lowest BCUT2D eigenvalue weighted by Gasteiger charge is -2.06. The summed E-state index contributed by atoms with van der Waals surface area (Å²) < 4.78 is 1.74. The molecule has 0 fully saturated rings. The fourth-order valence-electron chi connectivity index (χ4n) is 2.08. The lowest BCUT2D eigenvalue weighted by molar-refractivity contribution is -0.212. The molecule has 0 spiro atoms. The Bertz CT molecular complexity index is 710. The Hall–Kier alpha value is -3.08. The van der Waals surface area contributed by atoms with E-state index in [1.165, 1.54) is 6.92 Å². The predicted molar refractivity (Wildman–Crippen MR) is 81.4 cm³/mol. The van der Waals surface area contributed by atoms with Gasteiger partial charge in [-0.25, -0.2) is 14.4 Å². The van der Waals surface area contributed by atoms with Gasteiger partial charge in [-0.15, -0.1) is 5.10 Å². The quantitative estimate of drug-likeness (QED) is 0.546. The van der Waals surface area contributed by atoms with Crippen LogP contribution in [0.3, 0.4) is 0 Å². The van der Waals surface area contributed by atoms with Crippen LogP contribution < -0.4 is 4.89 Å². The Labute approximate surface area is 127 Å². The summed E-state index contributed by atoms with van der Waals surface area (Å²) in [6.07, 6.45) is 0. The molecule has 0 atom stereocenters. The van der Waals surface area contributed by atoms with E-state index in [1.807, 2.05) is 60.7 Å². The van der Waals surface area contributed by atoms with Crippen LogP contribution in [-0.4, -0.2) is 15.7 Å². The third kappa shape index (κ3) is 2.98. The van der Waals surface area contributed by atoms with E-state index >= 15 is 0 Å². The molecule has 0 amide bonds. The van der Waals surface area contributed by atoms with E-state index in [4.69, 9.17) is 4.89 Å². The van der Waals surface area contributed by atoms with E-state index in [1.54, 1.807) is 10.7 Å². The van der Waals surface area contributed by atoms with Crippen LogP contribution in [0.5, 0.6) is 5.88 Å². The van der Waals surface area contributed by atoms with Crippen LogP contribution >= 0.6 is 0 Å². The number of para-hydroxylation sites is 1. The largest absolute Gasteiger partial charge is 0.352 e. The lowest BCUT2D eigenvalue weighted by atomic mass is 10.1. The first-order valence-corrected chi connectivity index (χ1v) is 6.80. The lowest BCUT2D eigenvalue weighted by Crippen LogP contribution is -2.04. The number of carbonyl (C=O) groups excluding carboxylic acids is 1. The SMILES string of the molecule is CC(=O)OOc1cc(-c2ccccc2)n(-c2ccccc2)n1. The second-order valence-electron chi connectivity index (χ2n) is 4.64. The van der Waals surface area contributed by atoms with Gasteiger partial charge in [0.1, 0.15) is 0 Å². The number of hydrogen-bond donors (Lipinski definition) is 0. The number of hydrogen-bond acceptors (Lipinski definition) is 4. The Morgan fingerprint density at radius 2 is 1.64 bits per heavy atom. The minimum absolute atomic E-state index is 0.220. The normalized spacial score (nSPS) is 10.2. The molecule has 110 valence electrons. The van der Waals surface area contributed by atoms with Crippen LogP contribution in [0, 0.1) is 0 Å². The van der Waals surface area contributed by atoms with Gasteiger partial charge in [0.2, 0.25) is 0 Å². The molecule has 22 heavy (non-hydrogen) atoms. The van der Waals surface area contributed by atoms with Crippen molar-refractivity contribution in [2.45, 2.75) is 6.92 Å². The van der Waals surface area contributed by atoms with Gasteiger partial charge < -0.3 is 0 Å². The summed E-state index contributed by atoms with van der Waals surface area (Å²) in [5, 5.41) is 4.35. The highest BCUT2D eigenvalue weighted by molar-refractivity contribution is 5.66. The predicted octanol–water partition coefficient (Wildman–Crippen LogP) is 3.40. The third-order valence-electron chi connectivity index (χ3n) is 3.00. The van der Waals surface area contributed by atoms with Crippen molar-refractivity contribution in [2.75, 3.05) is 0 Å². The van der Waals surface area contributed by atoms with Gasteiger partial charge in [-0.3, -0.25) is 4.89 Å². The second kappa shape index (κ2) is 6.13. The molecular weight excluding hydrogens is 280 g/mol. The maximum absolute atomic E-state index is 10.9. The summed E-state index contributed by atoms with van der Waals surface area (Å²) in [7, 11) is 0. The third-order valence-corrected chi connectivity index (χ3v) is 3.00. The molecule has 0 bridgehead atoms. The summed E-state index contributed by atoms with van der Waals surface area (Å²) in [6.45, 7) is 1.27. The van der Waals surface area contributed by atoms with E-state index in [0.717, 1.165) is 16.9 Å². The van der Waals surface area contributed by atoms with Gasteiger partial charge in [0.05, 0.1) is 11.4 Å². The van der Waals surface area contributed by atoms with Crippen LogP contribution in [0.1, 0.15) is 6.92 Å². The smallest absolute Gasteiger partial charge is 0.264 e. The molecule has 0 saturated carbocycles. The standard InChI is InChI=1S/C17H14N2O3/c1-13(20)21-22-17-12-16(14-8-4-2-5-9-14)19(18-17)15-10-6-3-7-11-15/h2-12H,1H3. The van der Waals surface area contributed by atoms with Gasteiger partial charge in [0, 0.05) is 18.6 Å². The Balaban J connectivity index is 2.04. The molecule has 0 aliphatic heterocycles. The van der Waals surface area contributed by atoms with Gasteiger partial charge in [-0.1, -0.05) is 48.5 Å². The van der Waals surface area contributed by atoms with Gasteiger partial charge in [0.15, 0.2) is 0 Å². The molecule has 5 heteroatoms. The molecule has 0 aliphatic carbocycles. The molecule has 2 aromatic carbocycles. The Morgan fingerprint density at radius 1 is 1.00 bits per heavy atom. The Morgan fingerprint density at radius 3 is 2.27 bits per heavy atom. The summed E-state index contributed by atoms with van der Waals surface area (Å²) in [4.78, 5) is 20.4.